The van der Waals surface area contributed by atoms with E-state index in [2.05, 4.69) is 39.9 Å². The molecule has 0 saturated heterocycles. The smallest absolute Gasteiger partial charge is 0.101 e. The van der Waals surface area contributed by atoms with Gasteiger partial charge in [0.2, 0.25) is 0 Å². The van der Waals surface area contributed by atoms with Crippen molar-refractivity contribution in [2.75, 3.05) is 18.6 Å². The highest BCUT2D eigenvalue weighted by Crippen LogP contribution is 2.41. The van der Waals surface area contributed by atoms with Crippen molar-refractivity contribution in [2.24, 2.45) is 0 Å². The first-order valence-electron chi connectivity index (χ1n) is 6.65. The van der Waals surface area contributed by atoms with E-state index in [0.717, 1.165) is 28.7 Å². The maximum absolute atomic E-state index is 9.11. The summed E-state index contributed by atoms with van der Waals surface area (Å²) < 4.78 is 0. The van der Waals surface area contributed by atoms with Crippen molar-refractivity contribution < 1.29 is 5.11 Å². The number of rotatable bonds is 2. The van der Waals surface area contributed by atoms with Gasteiger partial charge in [-0.05, 0) is 23.8 Å². The van der Waals surface area contributed by atoms with E-state index in [1.54, 1.807) is 6.20 Å². The Bertz CT molecular complexity index is 758. The molecule has 100 valence electrons. The molecule has 20 heavy (non-hydrogen) atoms. The van der Waals surface area contributed by atoms with Crippen molar-refractivity contribution in [1.82, 2.24) is 15.2 Å². The summed E-state index contributed by atoms with van der Waals surface area (Å²) in [4.78, 5) is 0. The summed E-state index contributed by atoms with van der Waals surface area (Å²) in [6.45, 7) is 1.51. The number of hydrogen-bond acceptors (Lipinski definition) is 5. The Morgan fingerprint density at radius 3 is 3.05 bits per heavy atom. The summed E-state index contributed by atoms with van der Waals surface area (Å²) >= 11 is 0. The van der Waals surface area contributed by atoms with Gasteiger partial charge in [-0.25, -0.2) is 5.01 Å². The zero-order valence-corrected chi connectivity index (χ0v) is 10.9. The summed E-state index contributed by atoms with van der Waals surface area (Å²) in [6.07, 6.45) is 1.72. The number of hydrogen-bond donors (Lipinski definition) is 2. The molecule has 2 N–H and O–H groups in total. The van der Waals surface area contributed by atoms with E-state index >= 15 is 0 Å². The standard InChI is InChI=1S/C15H14N4O/c20-8-7-19-9-11-2-1-10-5-6-16-17-15(10)12-3-4-13(18-19)14(11)12/h1-6,18,20H,7-9H2. The second-order valence-corrected chi connectivity index (χ2v) is 4.99. The number of nitrogens with zero attached hydrogens (tertiary/aromatic N) is 3. The van der Waals surface area contributed by atoms with Gasteiger partial charge in [-0.1, -0.05) is 12.1 Å². The van der Waals surface area contributed by atoms with Crippen LogP contribution in [0.4, 0.5) is 5.69 Å². The molecule has 1 aliphatic heterocycles. The Morgan fingerprint density at radius 1 is 1.20 bits per heavy atom. The van der Waals surface area contributed by atoms with E-state index in [1.807, 2.05) is 11.1 Å². The molecule has 1 aromatic rings. The van der Waals surface area contributed by atoms with Gasteiger partial charge in [0.15, 0.2) is 0 Å². The first-order valence-corrected chi connectivity index (χ1v) is 6.65. The second kappa shape index (κ2) is 4.40. The fourth-order valence-corrected chi connectivity index (χ4v) is 2.88. The van der Waals surface area contributed by atoms with Gasteiger partial charge >= 0.3 is 0 Å². The van der Waals surface area contributed by atoms with Gasteiger partial charge < -0.3 is 10.5 Å². The van der Waals surface area contributed by atoms with Gasteiger partial charge in [-0.2, -0.15) is 5.10 Å². The third-order valence-electron chi connectivity index (χ3n) is 3.76. The number of β-amino-alcohol motifs (C(OH)–C–C–N with tert-alkyl or cyclic N) is 1. The van der Waals surface area contributed by atoms with Crippen LogP contribution < -0.4 is 5.43 Å². The van der Waals surface area contributed by atoms with Gasteiger partial charge in [0, 0.05) is 29.6 Å². The topological polar surface area (TPSA) is 61.3 Å². The minimum Gasteiger partial charge on any atom is -0.395 e. The first-order chi connectivity index (χ1) is 9.86. The highest BCUT2D eigenvalue weighted by Gasteiger charge is 2.23. The first kappa shape index (κ1) is 11.6. The van der Waals surface area contributed by atoms with Gasteiger partial charge in [-0.3, -0.25) is 0 Å². The number of aliphatic hydroxyl groups is 1. The molecule has 0 fully saturated rings. The molecule has 5 nitrogen and oxygen atoms in total. The molecule has 0 amide bonds. The minimum atomic E-state index is 0.137. The summed E-state index contributed by atoms with van der Waals surface area (Å²) in [5, 5.41) is 20.5. The van der Waals surface area contributed by atoms with Crippen molar-refractivity contribution >= 4 is 16.6 Å². The van der Waals surface area contributed by atoms with E-state index in [1.165, 1.54) is 11.1 Å². The Hall–Kier alpha value is -2.24. The number of fused-ring (bicyclic) bond motifs is 2. The summed E-state index contributed by atoms with van der Waals surface area (Å²) in [7, 11) is 0. The molecule has 3 aliphatic rings. The van der Waals surface area contributed by atoms with Crippen LogP contribution in [0.25, 0.3) is 22.0 Å². The third-order valence-corrected chi connectivity index (χ3v) is 3.76. The van der Waals surface area contributed by atoms with Crippen molar-refractivity contribution in [1.29, 1.82) is 0 Å². The highest BCUT2D eigenvalue weighted by atomic mass is 16.3. The van der Waals surface area contributed by atoms with E-state index in [9.17, 15) is 0 Å². The molecule has 4 rings (SSSR count). The summed E-state index contributed by atoms with van der Waals surface area (Å²) in [6, 6.07) is 10.4. The van der Waals surface area contributed by atoms with E-state index in [0.29, 0.717) is 6.54 Å². The molecular weight excluding hydrogens is 252 g/mol. The largest absolute Gasteiger partial charge is 0.395 e. The zero-order valence-electron chi connectivity index (χ0n) is 10.9. The number of aromatic nitrogens is 2. The van der Waals surface area contributed by atoms with E-state index < -0.39 is 0 Å². The lowest BCUT2D eigenvalue weighted by Gasteiger charge is -2.29. The zero-order chi connectivity index (χ0) is 13.5. The van der Waals surface area contributed by atoms with Gasteiger partial charge in [0.05, 0.1) is 18.5 Å². The van der Waals surface area contributed by atoms with Crippen molar-refractivity contribution in [2.45, 2.75) is 6.54 Å². The maximum atomic E-state index is 9.11. The Balaban J connectivity index is 1.95. The Labute approximate surface area is 116 Å². The molecule has 0 aromatic carbocycles. The summed E-state index contributed by atoms with van der Waals surface area (Å²) in [5.41, 5.74) is 8.91. The Morgan fingerprint density at radius 2 is 2.15 bits per heavy atom. The van der Waals surface area contributed by atoms with Crippen LogP contribution in [-0.2, 0) is 6.54 Å². The molecule has 0 bridgehead atoms. The van der Waals surface area contributed by atoms with Crippen LogP contribution in [0.3, 0.4) is 0 Å². The lowest BCUT2D eigenvalue weighted by atomic mass is 10.0. The molecule has 5 heteroatoms. The van der Waals surface area contributed by atoms with Crippen molar-refractivity contribution in [3.05, 3.63) is 42.1 Å². The van der Waals surface area contributed by atoms with Crippen molar-refractivity contribution in [3.63, 3.8) is 0 Å². The lowest BCUT2D eigenvalue weighted by molar-refractivity contribution is 0.214. The van der Waals surface area contributed by atoms with Crippen LogP contribution in [0.2, 0.25) is 0 Å². The van der Waals surface area contributed by atoms with Crippen molar-refractivity contribution in [3.8, 4) is 11.1 Å². The quantitative estimate of drug-likeness (QED) is 0.741. The molecular formula is C15H14N4O. The molecule has 1 aromatic heterocycles. The number of anilines is 1. The second-order valence-electron chi connectivity index (χ2n) is 4.99. The fraction of sp³-hybridized carbons (Fsp3) is 0.200. The van der Waals surface area contributed by atoms with Crippen LogP contribution in [0.1, 0.15) is 5.56 Å². The molecule has 0 radical (unpaired) electrons. The molecule has 0 unspecified atom stereocenters. The Kier molecular flexibility index (Phi) is 2.55. The van der Waals surface area contributed by atoms with Gasteiger partial charge in [0.25, 0.3) is 0 Å². The van der Waals surface area contributed by atoms with Crippen LogP contribution in [0.15, 0.2) is 36.5 Å². The summed E-state index contributed by atoms with van der Waals surface area (Å²) in [5.74, 6) is 0. The molecule has 2 aliphatic carbocycles. The van der Waals surface area contributed by atoms with E-state index in [4.69, 9.17) is 5.11 Å². The number of nitrogens with one attached hydrogen (secondary N) is 1. The minimum absolute atomic E-state index is 0.137. The van der Waals surface area contributed by atoms with Crippen LogP contribution >= 0.6 is 0 Å². The number of hydrazine groups is 1. The molecule has 2 heterocycles. The predicted molar refractivity (Wildman–Crippen MR) is 77.3 cm³/mol. The fourth-order valence-electron chi connectivity index (χ4n) is 2.88. The normalized spacial score (nSPS) is 14.7. The van der Waals surface area contributed by atoms with Crippen LogP contribution in [0.5, 0.6) is 0 Å². The third kappa shape index (κ3) is 1.64. The van der Waals surface area contributed by atoms with Gasteiger partial charge in [0.1, 0.15) is 5.52 Å². The average molecular weight is 266 g/mol. The van der Waals surface area contributed by atoms with Crippen LogP contribution in [-0.4, -0.2) is 33.5 Å². The number of aliphatic hydroxyl groups excluding tert-OH is 1. The SMILES string of the molecule is OCCN1Cc2ccc3ccnnc3c3ccc(c2-3)N1. The molecule has 0 atom stereocenters. The van der Waals surface area contributed by atoms with E-state index in [-0.39, 0.29) is 6.61 Å². The van der Waals surface area contributed by atoms with Crippen LogP contribution in [0, 0.1) is 0 Å². The molecule has 0 saturated carbocycles. The van der Waals surface area contributed by atoms with Gasteiger partial charge in [-0.15, -0.1) is 5.10 Å². The highest BCUT2D eigenvalue weighted by molar-refractivity contribution is 6.00. The molecule has 0 spiro atoms. The lowest BCUT2D eigenvalue weighted by Crippen LogP contribution is -2.34. The predicted octanol–water partition coefficient (Wildman–Crippen LogP) is 1.87. The average Bonchev–Trinajstić information content (AvgIpc) is 2.82. The maximum Gasteiger partial charge on any atom is 0.101 e. The monoisotopic (exact) mass is 266 g/mol.